The third-order valence-corrected chi connectivity index (χ3v) is 4.08. The maximum atomic E-state index is 11.4. The van der Waals surface area contributed by atoms with Crippen molar-refractivity contribution >= 4 is 40.7 Å². The Balaban J connectivity index is 2.08. The first kappa shape index (κ1) is 17.2. The van der Waals surface area contributed by atoms with Gasteiger partial charge in [-0.15, -0.1) is 0 Å². The number of carboxylic acid groups (broad SMARTS) is 1. The van der Waals surface area contributed by atoms with E-state index in [1.54, 1.807) is 24.4 Å². The molecule has 7 heteroatoms. The molecule has 25 heavy (non-hydrogen) atoms. The zero-order chi connectivity index (χ0) is 17.8. The molecule has 0 aliphatic carbocycles. The number of carbonyl (C=O) groups is 1. The van der Waals surface area contributed by atoms with E-state index in [0.717, 1.165) is 5.56 Å². The fourth-order valence-corrected chi connectivity index (χ4v) is 2.73. The van der Waals surface area contributed by atoms with Gasteiger partial charge in [-0.05, 0) is 41.4 Å². The molecule has 0 amide bonds. The van der Waals surface area contributed by atoms with Crippen LogP contribution in [0.3, 0.4) is 0 Å². The number of rotatable bonds is 5. The van der Waals surface area contributed by atoms with Gasteiger partial charge in [-0.25, -0.2) is 14.8 Å². The van der Waals surface area contributed by atoms with Crippen LogP contribution in [0.1, 0.15) is 15.9 Å². The fourth-order valence-electron chi connectivity index (χ4n) is 2.39. The normalized spacial score (nSPS) is 10.5. The van der Waals surface area contributed by atoms with Crippen molar-refractivity contribution in [1.82, 2.24) is 9.97 Å². The SMILES string of the molecule is O=C(O)c1cc(N(Cc2ccccc2)c2ccnc(Cl)n2)ccc1Cl. The minimum atomic E-state index is -1.09. The second-order valence-corrected chi connectivity index (χ2v) is 5.97. The van der Waals surface area contributed by atoms with Gasteiger partial charge in [0.15, 0.2) is 0 Å². The van der Waals surface area contributed by atoms with E-state index < -0.39 is 5.97 Å². The summed E-state index contributed by atoms with van der Waals surface area (Å²) in [7, 11) is 0. The molecule has 0 unspecified atom stereocenters. The van der Waals surface area contributed by atoms with Crippen LogP contribution in [-0.4, -0.2) is 21.0 Å². The van der Waals surface area contributed by atoms with E-state index in [4.69, 9.17) is 23.2 Å². The molecule has 0 radical (unpaired) electrons. The zero-order valence-electron chi connectivity index (χ0n) is 12.9. The number of hydrogen-bond acceptors (Lipinski definition) is 4. The van der Waals surface area contributed by atoms with Gasteiger partial charge in [0.2, 0.25) is 5.28 Å². The molecule has 5 nitrogen and oxygen atoms in total. The highest BCUT2D eigenvalue weighted by Gasteiger charge is 2.16. The summed E-state index contributed by atoms with van der Waals surface area (Å²) in [5, 5.41) is 9.62. The molecule has 0 atom stereocenters. The molecule has 0 fully saturated rings. The van der Waals surface area contributed by atoms with Gasteiger partial charge in [-0.1, -0.05) is 41.9 Å². The first-order valence-electron chi connectivity index (χ1n) is 7.37. The summed E-state index contributed by atoms with van der Waals surface area (Å²) in [6, 6.07) is 16.3. The van der Waals surface area contributed by atoms with Crippen molar-refractivity contribution in [2.75, 3.05) is 4.90 Å². The monoisotopic (exact) mass is 373 g/mol. The van der Waals surface area contributed by atoms with Crippen LogP contribution in [0.5, 0.6) is 0 Å². The molecule has 126 valence electrons. The Labute approximate surface area is 154 Å². The molecule has 3 aromatic rings. The first-order chi connectivity index (χ1) is 12.0. The molecule has 0 saturated heterocycles. The van der Waals surface area contributed by atoms with Crippen molar-refractivity contribution in [2.24, 2.45) is 0 Å². The van der Waals surface area contributed by atoms with Crippen molar-refractivity contribution < 1.29 is 9.90 Å². The molecular weight excluding hydrogens is 361 g/mol. The zero-order valence-corrected chi connectivity index (χ0v) is 14.4. The summed E-state index contributed by atoms with van der Waals surface area (Å²) >= 11 is 11.9. The Morgan fingerprint density at radius 2 is 1.84 bits per heavy atom. The third-order valence-electron chi connectivity index (χ3n) is 3.56. The summed E-state index contributed by atoms with van der Waals surface area (Å²) in [6.45, 7) is 0.481. The van der Waals surface area contributed by atoms with Crippen molar-refractivity contribution in [1.29, 1.82) is 0 Å². The van der Waals surface area contributed by atoms with Crippen molar-refractivity contribution in [2.45, 2.75) is 6.54 Å². The summed E-state index contributed by atoms with van der Waals surface area (Å²) in [5.41, 5.74) is 1.70. The minimum absolute atomic E-state index is 0.0254. The lowest BCUT2D eigenvalue weighted by atomic mass is 10.1. The van der Waals surface area contributed by atoms with Gasteiger partial charge < -0.3 is 10.0 Å². The van der Waals surface area contributed by atoms with Crippen molar-refractivity contribution in [3.8, 4) is 0 Å². The van der Waals surface area contributed by atoms with Gasteiger partial charge in [0, 0.05) is 18.4 Å². The molecule has 3 rings (SSSR count). The number of carboxylic acids is 1. The van der Waals surface area contributed by atoms with E-state index in [1.165, 1.54) is 6.07 Å². The van der Waals surface area contributed by atoms with Gasteiger partial charge in [-0.3, -0.25) is 0 Å². The van der Waals surface area contributed by atoms with Crippen molar-refractivity contribution in [3.63, 3.8) is 0 Å². The Bertz CT molecular complexity index is 904. The van der Waals surface area contributed by atoms with E-state index >= 15 is 0 Å². The van der Waals surface area contributed by atoms with Crippen LogP contribution in [0.2, 0.25) is 10.3 Å². The Morgan fingerprint density at radius 3 is 2.52 bits per heavy atom. The summed E-state index contributed by atoms with van der Waals surface area (Å²) in [4.78, 5) is 21.4. The van der Waals surface area contributed by atoms with E-state index in [2.05, 4.69) is 9.97 Å². The van der Waals surface area contributed by atoms with E-state index in [0.29, 0.717) is 18.1 Å². The first-order valence-corrected chi connectivity index (χ1v) is 8.13. The van der Waals surface area contributed by atoms with Gasteiger partial charge >= 0.3 is 5.97 Å². The van der Waals surface area contributed by atoms with E-state index in [1.807, 2.05) is 35.2 Å². The van der Waals surface area contributed by atoms with Crippen LogP contribution in [0.25, 0.3) is 0 Å². The number of aromatic nitrogens is 2. The van der Waals surface area contributed by atoms with Gasteiger partial charge in [-0.2, -0.15) is 0 Å². The van der Waals surface area contributed by atoms with Crippen molar-refractivity contribution in [3.05, 3.63) is 82.2 Å². The number of nitrogens with zero attached hydrogens (tertiary/aromatic N) is 3. The van der Waals surface area contributed by atoms with Crippen LogP contribution < -0.4 is 4.90 Å². The Morgan fingerprint density at radius 1 is 1.08 bits per heavy atom. The van der Waals surface area contributed by atoms with Crippen LogP contribution in [0, 0.1) is 0 Å². The number of hydrogen-bond donors (Lipinski definition) is 1. The lowest BCUT2D eigenvalue weighted by molar-refractivity contribution is 0.0697. The van der Waals surface area contributed by atoms with Gasteiger partial charge in [0.1, 0.15) is 5.82 Å². The highest BCUT2D eigenvalue weighted by Crippen LogP contribution is 2.30. The fraction of sp³-hybridized carbons (Fsp3) is 0.0556. The molecule has 0 spiro atoms. The molecule has 0 aliphatic rings. The molecule has 1 aromatic heterocycles. The molecule has 0 saturated carbocycles. The summed E-state index contributed by atoms with van der Waals surface area (Å²) in [5.74, 6) is -0.533. The summed E-state index contributed by atoms with van der Waals surface area (Å²) in [6.07, 6.45) is 1.55. The predicted molar refractivity (Wildman–Crippen MR) is 97.7 cm³/mol. The number of aromatic carboxylic acids is 1. The number of anilines is 2. The smallest absolute Gasteiger partial charge is 0.337 e. The van der Waals surface area contributed by atoms with Gasteiger partial charge in [0.25, 0.3) is 0 Å². The molecule has 1 N–H and O–H groups in total. The second kappa shape index (κ2) is 7.51. The highest BCUT2D eigenvalue weighted by molar-refractivity contribution is 6.33. The molecule has 2 aromatic carbocycles. The third kappa shape index (κ3) is 4.07. The average molecular weight is 374 g/mol. The number of halogens is 2. The largest absolute Gasteiger partial charge is 0.478 e. The topological polar surface area (TPSA) is 66.3 Å². The van der Waals surface area contributed by atoms with E-state index in [-0.39, 0.29) is 15.9 Å². The second-order valence-electron chi connectivity index (χ2n) is 5.22. The maximum absolute atomic E-state index is 11.4. The summed E-state index contributed by atoms with van der Waals surface area (Å²) < 4.78 is 0. The van der Waals surface area contributed by atoms with Crippen LogP contribution in [0.15, 0.2) is 60.8 Å². The highest BCUT2D eigenvalue weighted by atomic mass is 35.5. The van der Waals surface area contributed by atoms with E-state index in [9.17, 15) is 9.90 Å². The van der Waals surface area contributed by atoms with Crippen LogP contribution in [-0.2, 0) is 6.54 Å². The molecular formula is C18H13Cl2N3O2. The molecule has 1 heterocycles. The quantitative estimate of drug-likeness (QED) is 0.649. The lowest BCUT2D eigenvalue weighted by Gasteiger charge is -2.24. The standard InChI is InChI=1S/C18H13Cl2N3O2/c19-15-7-6-13(10-14(15)17(24)25)23(11-12-4-2-1-3-5-12)16-8-9-21-18(20)22-16/h1-10H,11H2,(H,24,25). The minimum Gasteiger partial charge on any atom is -0.478 e. The molecule has 0 bridgehead atoms. The molecule has 0 aliphatic heterocycles. The predicted octanol–water partition coefficient (Wildman–Crippen LogP) is 4.82. The average Bonchev–Trinajstić information content (AvgIpc) is 2.61. The van der Waals surface area contributed by atoms with Crippen LogP contribution in [0.4, 0.5) is 11.5 Å². The lowest BCUT2D eigenvalue weighted by Crippen LogP contribution is -2.18. The Hall–Kier alpha value is -2.63. The van der Waals surface area contributed by atoms with Crippen LogP contribution >= 0.6 is 23.2 Å². The maximum Gasteiger partial charge on any atom is 0.337 e. The number of benzene rings is 2. The Kier molecular flexibility index (Phi) is 5.16. The van der Waals surface area contributed by atoms with Gasteiger partial charge in [0.05, 0.1) is 10.6 Å².